The molecule has 15 heavy (non-hydrogen) atoms. The second-order valence-electron chi connectivity index (χ2n) is 4.50. The van der Waals surface area contributed by atoms with Crippen molar-refractivity contribution < 1.29 is 0 Å². The number of aryl methyl sites for hydroxylation is 1. The Morgan fingerprint density at radius 3 is 3.00 bits per heavy atom. The number of hydrogen-bond donors (Lipinski definition) is 1. The van der Waals surface area contributed by atoms with E-state index in [4.69, 9.17) is 11.6 Å². The van der Waals surface area contributed by atoms with E-state index in [0.717, 1.165) is 10.9 Å². The fourth-order valence-electron chi connectivity index (χ4n) is 2.27. The Balaban J connectivity index is 2.00. The van der Waals surface area contributed by atoms with Crippen molar-refractivity contribution in [3.05, 3.63) is 34.3 Å². The Labute approximate surface area is 96.8 Å². The Kier molecular flexibility index (Phi) is 3.66. The third kappa shape index (κ3) is 2.96. The van der Waals surface area contributed by atoms with E-state index in [1.807, 2.05) is 6.07 Å². The first kappa shape index (κ1) is 11.0. The van der Waals surface area contributed by atoms with Crippen molar-refractivity contribution in [1.29, 1.82) is 0 Å². The summed E-state index contributed by atoms with van der Waals surface area (Å²) in [5.74, 6) is 0.805. The van der Waals surface area contributed by atoms with Crippen molar-refractivity contribution in [3.8, 4) is 0 Å². The highest BCUT2D eigenvalue weighted by Crippen LogP contribution is 2.20. The van der Waals surface area contributed by atoms with Crippen LogP contribution in [0.1, 0.15) is 24.0 Å². The van der Waals surface area contributed by atoms with Gasteiger partial charge >= 0.3 is 0 Å². The number of rotatable bonds is 2. The molecule has 0 radical (unpaired) electrons. The van der Waals surface area contributed by atoms with E-state index in [-0.39, 0.29) is 0 Å². The zero-order valence-corrected chi connectivity index (χ0v) is 9.98. The predicted molar refractivity (Wildman–Crippen MR) is 65.5 cm³/mol. The van der Waals surface area contributed by atoms with Crippen LogP contribution in [0.25, 0.3) is 0 Å². The van der Waals surface area contributed by atoms with Crippen molar-refractivity contribution in [1.82, 2.24) is 5.32 Å². The van der Waals surface area contributed by atoms with E-state index in [1.165, 1.54) is 43.5 Å². The van der Waals surface area contributed by atoms with Crippen LogP contribution in [0.3, 0.4) is 0 Å². The summed E-state index contributed by atoms with van der Waals surface area (Å²) in [5.41, 5.74) is 2.61. The smallest absolute Gasteiger partial charge is 0.0435 e. The fourth-order valence-corrected chi connectivity index (χ4v) is 2.38. The molecule has 1 unspecified atom stereocenters. The van der Waals surface area contributed by atoms with Gasteiger partial charge in [0.15, 0.2) is 0 Å². The maximum atomic E-state index is 6.01. The van der Waals surface area contributed by atoms with Crippen LogP contribution in [0, 0.1) is 12.8 Å². The maximum Gasteiger partial charge on any atom is 0.0435 e. The topological polar surface area (TPSA) is 12.0 Å². The molecule has 2 heteroatoms. The van der Waals surface area contributed by atoms with Gasteiger partial charge in [0, 0.05) is 5.02 Å². The molecule has 1 atom stereocenters. The first-order chi connectivity index (χ1) is 7.25. The monoisotopic (exact) mass is 223 g/mol. The van der Waals surface area contributed by atoms with Crippen molar-refractivity contribution in [2.24, 2.45) is 5.92 Å². The molecule has 0 saturated carbocycles. The highest BCUT2D eigenvalue weighted by atomic mass is 35.5. The molecule has 82 valence electrons. The van der Waals surface area contributed by atoms with Crippen LogP contribution in [0.4, 0.5) is 0 Å². The highest BCUT2D eigenvalue weighted by Gasteiger charge is 2.13. The van der Waals surface area contributed by atoms with E-state index < -0.39 is 0 Å². The molecule has 0 aromatic heterocycles. The minimum atomic E-state index is 0.805. The Bertz CT molecular complexity index is 329. The van der Waals surface area contributed by atoms with Crippen LogP contribution < -0.4 is 5.32 Å². The predicted octanol–water partition coefficient (Wildman–Crippen LogP) is 3.19. The van der Waals surface area contributed by atoms with Crippen molar-refractivity contribution in [2.45, 2.75) is 26.2 Å². The normalized spacial score (nSPS) is 21.6. The van der Waals surface area contributed by atoms with Crippen molar-refractivity contribution in [3.63, 3.8) is 0 Å². The first-order valence-electron chi connectivity index (χ1n) is 5.71. The summed E-state index contributed by atoms with van der Waals surface area (Å²) in [6.45, 7) is 4.43. The molecule has 1 aromatic rings. The van der Waals surface area contributed by atoms with Crippen LogP contribution in [-0.2, 0) is 6.42 Å². The van der Waals surface area contributed by atoms with Crippen LogP contribution in [0.15, 0.2) is 18.2 Å². The maximum absolute atomic E-state index is 6.01. The summed E-state index contributed by atoms with van der Waals surface area (Å²) in [7, 11) is 0. The third-order valence-electron chi connectivity index (χ3n) is 3.15. The molecular formula is C13H18ClN. The summed E-state index contributed by atoms with van der Waals surface area (Å²) in [4.78, 5) is 0. The number of benzene rings is 1. The minimum absolute atomic E-state index is 0.805. The van der Waals surface area contributed by atoms with Crippen LogP contribution in [-0.4, -0.2) is 13.1 Å². The molecule has 0 aliphatic carbocycles. The zero-order valence-electron chi connectivity index (χ0n) is 9.22. The van der Waals surface area contributed by atoms with Crippen molar-refractivity contribution in [2.75, 3.05) is 13.1 Å². The van der Waals surface area contributed by atoms with Gasteiger partial charge in [-0.1, -0.05) is 23.7 Å². The largest absolute Gasteiger partial charge is 0.316 e. The van der Waals surface area contributed by atoms with Gasteiger partial charge in [-0.2, -0.15) is 0 Å². The van der Waals surface area contributed by atoms with Gasteiger partial charge in [0.1, 0.15) is 0 Å². The Morgan fingerprint density at radius 1 is 1.47 bits per heavy atom. The molecular weight excluding hydrogens is 206 g/mol. The third-order valence-corrected chi connectivity index (χ3v) is 3.57. The second kappa shape index (κ2) is 5.00. The van der Waals surface area contributed by atoms with E-state index in [2.05, 4.69) is 24.4 Å². The van der Waals surface area contributed by atoms with Gasteiger partial charge in [0.2, 0.25) is 0 Å². The molecule has 1 fully saturated rings. The lowest BCUT2D eigenvalue weighted by Crippen LogP contribution is -2.30. The van der Waals surface area contributed by atoms with Gasteiger partial charge in [-0.25, -0.2) is 0 Å². The van der Waals surface area contributed by atoms with Crippen molar-refractivity contribution >= 4 is 11.6 Å². The van der Waals surface area contributed by atoms with E-state index >= 15 is 0 Å². The molecule has 1 nitrogen and oxygen atoms in total. The van der Waals surface area contributed by atoms with Gasteiger partial charge in [0.25, 0.3) is 0 Å². The lowest BCUT2D eigenvalue weighted by atomic mass is 9.92. The fraction of sp³-hybridized carbons (Fsp3) is 0.538. The van der Waals surface area contributed by atoms with E-state index in [9.17, 15) is 0 Å². The second-order valence-corrected chi connectivity index (χ2v) is 4.91. The molecule has 1 aliphatic heterocycles. The Morgan fingerprint density at radius 2 is 2.33 bits per heavy atom. The minimum Gasteiger partial charge on any atom is -0.316 e. The van der Waals surface area contributed by atoms with Gasteiger partial charge in [-0.3, -0.25) is 0 Å². The lowest BCUT2D eigenvalue weighted by Gasteiger charge is -2.22. The zero-order chi connectivity index (χ0) is 10.7. The summed E-state index contributed by atoms with van der Waals surface area (Å²) >= 11 is 6.01. The number of hydrogen-bond acceptors (Lipinski definition) is 1. The number of piperidine rings is 1. The molecule has 1 saturated heterocycles. The van der Waals surface area contributed by atoms with Crippen LogP contribution in [0.2, 0.25) is 5.02 Å². The summed E-state index contributed by atoms with van der Waals surface area (Å²) in [6.07, 6.45) is 3.86. The van der Waals surface area contributed by atoms with Gasteiger partial charge in [-0.15, -0.1) is 0 Å². The molecule has 0 amide bonds. The molecule has 1 aliphatic rings. The first-order valence-corrected chi connectivity index (χ1v) is 6.09. The van der Waals surface area contributed by atoms with E-state index in [1.54, 1.807) is 0 Å². The van der Waals surface area contributed by atoms with Gasteiger partial charge < -0.3 is 5.32 Å². The van der Waals surface area contributed by atoms with Crippen LogP contribution in [0.5, 0.6) is 0 Å². The standard InChI is InChI=1S/C13H18ClN/c1-10-7-11(4-5-13(10)14)8-12-3-2-6-15-9-12/h4-5,7,12,15H,2-3,6,8-9H2,1H3. The molecule has 1 aromatic carbocycles. The average Bonchev–Trinajstić information content (AvgIpc) is 2.25. The van der Waals surface area contributed by atoms with E-state index in [0.29, 0.717) is 0 Å². The summed E-state index contributed by atoms with van der Waals surface area (Å²) in [6, 6.07) is 6.39. The van der Waals surface area contributed by atoms with Gasteiger partial charge in [-0.05, 0) is 62.4 Å². The quantitative estimate of drug-likeness (QED) is 0.812. The van der Waals surface area contributed by atoms with Crippen LogP contribution >= 0.6 is 11.6 Å². The average molecular weight is 224 g/mol. The SMILES string of the molecule is Cc1cc(CC2CCCNC2)ccc1Cl. The molecule has 0 bridgehead atoms. The highest BCUT2D eigenvalue weighted by molar-refractivity contribution is 6.31. The summed E-state index contributed by atoms with van der Waals surface area (Å²) < 4.78 is 0. The molecule has 1 N–H and O–H groups in total. The summed E-state index contributed by atoms with van der Waals surface area (Å²) in [5, 5.41) is 4.33. The number of nitrogens with one attached hydrogen (secondary N) is 1. The molecule has 0 spiro atoms. The number of halogens is 1. The van der Waals surface area contributed by atoms with Gasteiger partial charge in [0.05, 0.1) is 0 Å². The molecule has 2 rings (SSSR count). The Hall–Kier alpha value is -0.530. The molecule has 1 heterocycles. The lowest BCUT2D eigenvalue weighted by molar-refractivity contribution is 0.376.